The molecule has 1 amide bonds. The Balaban J connectivity index is 1.67. The van der Waals surface area contributed by atoms with Gasteiger partial charge in [-0.1, -0.05) is 23.8 Å². The zero-order valence-corrected chi connectivity index (χ0v) is 23.0. The van der Waals surface area contributed by atoms with Crippen LogP contribution in [0, 0.1) is 0 Å². The first-order valence-electron chi connectivity index (χ1n) is 11.6. The lowest BCUT2D eigenvalue weighted by atomic mass is 10.2. The summed E-state index contributed by atoms with van der Waals surface area (Å²) < 4.78 is 52.6. The van der Waals surface area contributed by atoms with Crippen molar-refractivity contribution in [2.24, 2.45) is 0 Å². The quantitative estimate of drug-likeness (QED) is 0.424. The topological polar surface area (TPSA) is 108 Å². The van der Waals surface area contributed by atoms with Crippen LogP contribution >= 0.6 is 11.3 Å². The Hall–Kier alpha value is -2.38. The number of benzene rings is 2. The molecule has 2 heterocycles. The van der Waals surface area contributed by atoms with Crippen molar-refractivity contribution in [3.05, 3.63) is 48.0 Å². The number of para-hydroxylation sites is 1. The number of nitrogens with zero attached hydrogens (tertiary/aromatic N) is 4. The molecule has 1 aliphatic rings. The maximum Gasteiger partial charge on any atom is 0.260 e. The van der Waals surface area contributed by atoms with E-state index in [4.69, 9.17) is 0 Å². The van der Waals surface area contributed by atoms with Crippen molar-refractivity contribution in [3.63, 3.8) is 0 Å². The lowest BCUT2D eigenvalue weighted by Gasteiger charge is -2.26. The number of likely N-dealkylation sites (N-methyl/N-ethyl adjacent to an activating group) is 1. The van der Waals surface area contributed by atoms with Gasteiger partial charge in [0.15, 0.2) is 15.0 Å². The third kappa shape index (κ3) is 5.62. The molecule has 9 nitrogen and oxygen atoms in total. The Bertz CT molecular complexity index is 1460. The van der Waals surface area contributed by atoms with Gasteiger partial charge in [-0.05, 0) is 63.3 Å². The van der Waals surface area contributed by atoms with Crippen LogP contribution in [-0.4, -0.2) is 83.5 Å². The van der Waals surface area contributed by atoms with E-state index < -0.39 is 19.9 Å². The summed E-state index contributed by atoms with van der Waals surface area (Å²) in [5, 5.41) is 0.387. The molecular weight excluding hydrogens is 520 g/mol. The van der Waals surface area contributed by atoms with E-state index >= 15 is 0 Å². The number of hydrogen-bond donors (Lipinski definition) is 0. The molecule has 0 atom stereocenters. The van der Waals surface area contributed by atoms with Gasteiger partial charge in [-0.25, -0.2) is 21.8 Å². The largest absolute Gasteiger partial charge is 0.308 e. The van der Waals surface area contributed by atoms with Gasteiger partial charge in [-0.2, -0.15) is 4.31 Å². The average Bonchev–Trinajstić information content (AvgIpc) is 3.27. The van der Waals surface area contributed by atoms with E-state index in [0.717, 1.165) is 25.5 Å². The molecule has 0 aliphatic carbocycles. The summed E-state index contributed by atoms with van der Waals surface area (Å²) in [4.78, 5) is 21.9. The van der Waals surface area contributed by atoms with E-state index in [0.29, 0.717) is 47.1 Å². The van der Waals surface area contributed by atoms with Crippen LogP contribution in [0.3, 0.4) is 0 Å². The minimum absolute atomic E-state index is 0.120. The smallest absolute Gasteiger partial charge is 0.260 e. The van der Waals surface area contributed by atoms with Crippen molar-refractivity contribution in [2.75, 3.05) is 51.4 Å². The normalized spacial score (nSPS) is 15.4. The molecule has 1 aliphatic heterocycles. The van der Waals surface area contributed by atoms with Crippen molar-refractivity contribution in [1.29, 1.82) is 0 Å². The summed E-state index contributed by atoms with van der Waals surface area (Å²) in [5.74, 6) is -0.335. The summed E-state index contributed by atoms with van der Waals surface area (Å²) in [6, 6.07) is 10.9. The first kappa shape index (κ1) is 26.7. The van der Waals surface area contributed by atoms with Crippen LogP contribution < -0.4 is 4.90 Å². The van der Waals surface area contributed by atoms with E-state index in [2.05, 4.69) is 4.98 Å². The second kappa shape index (κ2) is 10.5. The molecule has 1 aromatic heterocycles. The Morgan fingerprint density at radius 2 is 1.64 bits per heavy atom. The summed E-state index contributed by atoms with van der Waals surface area (Å²) >= 11 is 1.24. The van der Waals surface area contributed by atoms with Crippen LogP contribution in [0.25, 0.3) is 10.2 Å². The number of aromatic nitrogens is 1. The molecule has 36 heavy (non-hydrogen) atoms. The van der Waals surface area contributed by atoms with Crippen LogP contribution in [0.1, 0.15) is 29.6 Å². The number of carbonyl (C=O) groups is 1. The lowest BCUT2D eigenvalue weighted by Crippen LogP contribution is -2.37. The molecular formula is C24H30N4O5S3. The van der Waals surface area contributed by atoms with Gasteiger partial charge < -0.3 is 4.90 Å². The van der Waals surface area contributed by atoms with E-state index in [1.807, 2.05) is 19.0 Å². The molecule has 0 spiro atoms. The fourth-order valence-electron chi connectivity index (χ4n) is 4.09. The Kier molecular flexibility index (Phi) is 7.81. The Labute approximate surface area is 216 Å². The van der Waals surface area contributed by atoms with Crippen LogP contribution in [0.5, 0.6) is 0 Å². The fraction of sp³-hybridized carbons (Fsp3) is 0.417. The first-order valence-corrected chi connectivity index (χ1v) is 15.8. The van der Waals surface area contributed by atoms with Gasteiger partial charge in [-0.15, -0.1) is 0 Å². The monoisotopic (exact) mass is 550 g/mol. The number of amides is 1. The van der Waals surface area contributed by atoms with Crippen molar-refractivity contribution in [1.82, 2.24) is 14.2 Å². The fourth-order valence-corrected chi connectivity index (χ4v) is 7.52. The van der Waals surface area contributed by atoms with Crippen LogP contribution in [-0.2, 0) is 19.9 Å². The van der Waals surface area contributed by atoms with Gasteiger partial charge >= 0.3 is 0 Å². The average molecular weight is 551 g/mol. The van der Waals surface area contributed by atoms with Crippen LogP contribution in [0.4, 0.5) is 5.13 Å². The molecule has 0 N–H and O–H groups in total. The van der Waals surface area contributed by atoms with Gasteiger partial charge in [-0.3, -0.25) is 9.69 Å². The highest BCUT2D eigenvalue weighted by atomic mass is 32.2. The SMILES string of the molecule is CN(C)CCN(C(=O)c1ccc(S(=O)(=O)N2CCCCC2)cc1)c1nc2c(S(C)(=O)=O)cccc2s1. The maximum absolute atomic E-state index is 13.6. The molecule has 1 saturated heterocycles. The molecule has 194 valence electrons. The van der Waals surface area contributed by atoms with Gasteiger partial charge in [0.05, 0.1) is 14.5 Å². The number of hydrogen-bond acceptors (Lipinski definition) is 8. The first-order chi connectivity index (χ1) is 17.0. The molecule has 0 radical (unpaired) electrons. The van der Waals surface area contributed by atoms with Gasteiger partial charge in [0.25, 0.3) is 5.91 Å². The van der Waals surface area contributed by atoms with Gasteiger partial charge in [0.1, 0.15) is 5.52 Å². The number of anilines is 1. The van der Waals surface area contributed by atoms with E-state index in [9.17, 15) is 21.6 Å². The van der Waals surface area contributed by atoms with Crippen LogP contribution in [0.2, 0.25) is 0 Å². The van der Waals surface area contributed by atoms with Gasteiger partial charge in [0.2, 0.25) is 10.0 Å². The highest BCUT2D eigenvalue weighted by Gasteiger charge is 2.27. The predicted octanol–water partition coefficient (Wildman–Crippen LogP) is 3.08. The zero-order valence-electron chi connectivity index (χ0n) is 20.5. The molecule has 0 unspecified atom stereocenters. The third-order valence-corrected chi connectivity index (χ3v) is 10.2. The Morgan fingerprint density at radius 1 is 0.972 bits per heavy atom. The molecule has 0 saturated carbocycles. The summed E-state index contributed by atoms with van der Waals surface area (Å²) in [5.41, 5.74) is 0.666. The predicted molar refractivity (Wildman–Crippen MR) is 142 cm³/mol. The third-order valence-electron chi connectivity index (χ3n) is 6.07. The van der Waals surface area contributed by atoms with E-state index in [-0.39, 0.29) is 15.7 Å². The molecule has 1 fully saturated rings. The highest BCUT2D eigenvalue weighted by molar-refractivity contribution is 7.91. The minimum atomic E-state index is -3.60. The number of thiazole rings is 1. The zero-order chi connectivity index (χ0) is 26.1. The maximum atomic E-state index is 13.6. The van der Waals surface area contributed by atoms with E-state index in [1.54, 1.807) is 12.1 Å². The second-order valence-electron chi connectivity index (χ2n) is 9.12. The Morgan fingerprint density at radius 3 is 2.25 bits per heavy atom. The van der Waals surface area contributed by atoms with Crippen LogP contribution in [0.15, 0.2) is 52.3 Å². The molecule has 4 rings (SSSR count). The number of carbonyl (C=O) groups excluding carboxylic acids is 1. The van der Waals surface area contributed by atoms with Crippen molar-refractivity contribution >= 4 is 52.5 Å². The summed E-state index contributed by atoms with van der Waals surface area (Å²) in [7, 11) is -3.31. The minimum Gasteiger partial charge on any atom is -0.308 e. The molecule has 0 bridgehead atoms. The summed E-state index contributed by atoms with van der Waals surface area (Å²) in [6.07, 6.45) is 3.86. The number of sulfone groups is 1. The highest BCUT2D eigenvalue weighted by Crippen LogP contribution is 2.33. The standard InChI is InChI=1S/C24H30N4O5S3/c1-26(2)16-17-28(24-25-22-20(34-24)8-7-9-21(22)35(3,30)31)23(29)18-10-12-19(13-11-18)36(32,33)27-14-5-4-6-15-27/h7-13H,4-6,14-17H2,1-3H3. The number of sulfonamides is 1. The van der Waals surface area contributed by atoms with Crippen molar-refractivity contribution < 1.29 is 21.6 Å². The second-order valence-corrected chi connectivity index (χ2v) is 14.1. The molecule has 3 aromatic rings. The number of piperidine rings is 1. The lowest BCUT2D eigenvalue weighted by molar-refractivity contribution is 0.0985. The number of fused-ring (bicyclic) bond motifs is 1. The van der Waals surface area contributed by atoms with Gasteiger partial charge in [0, 0.05) is 38.0 Å². The number of rotatable bonds is 8. The summed E-state index contributed by atoms with van der Waals surface area (Å²) in [6.45, 7) is 1.90. The molecule has 2 aromatic carbocycles. The van der Waals surface area contributed by atoms with Crippen molar-refractivity contribution in [2.45, 2.75) is 29.1 Å². The molecule has 12 heteroatoms. The van der Waals surface area contributed by atoms with Crippen molar-refractivity contribution in [3.8, 4) is 0 Å². The van der Waals surface area contributed by atoms with E-state index in [1.165, 1.54) is 50.9 Å².